The van der Waals surface area contributed by atoms with Crippen LogP contribution in [0.4, 0.5) is 0 Å². The third-order valence-corrected chi connectivity index (χ3v) is 6.70. The van der Waals surface area contributed by atoms with Crippen LogP contribution in [-0.2, 0) is 14.3 Å². The van der Waals surface area contributed by atoms with Crippen LogP contribution in [0.2, 0.25) is 0 Å². The molecular formula is C27H39ClO5. The lowest BCUT2D eigenvalue weighted by Crippen LogP contribution is -2.27. The molecule has 33 heavy (non-hydrogen) atoms. The van der Waals surface area contributed by atoms with E-state index in [1.165, 1.54) is 0 Å². The molecule has 2 rings (SSSR count). The Morgan fingerprint density at radius 2 is 2.03 bits per heavy atom. The molecule has 1 aliphatic carbocycles. The smallest absolute Gasteiger partial charge is 0.306 e. The van der Waals surface area contributed by atoms with Gasteiger partial charge in [-0.3, -0.25) is 4.79 Å². The first-order valence-corrected chi connectivity index (χ1v) is 12.4. The molecule has 5 atom stereocenters. The van der Waals surface area contributed by atoms with E-state index in [2.05, 4.69) is 25.7 Å². The Hall–Kier alpha value is -1.82. The molecule has 1 N–H and O–H groups in total. The summed E-state index contributed by atoms with van der Waals surface area (Å²) in [7, 11) is 1.74. The number of ether oxygens (including phenoxy) is 3. The first kappa shape index (κ1) is 27.4. The zero-order valence-corrected chi connectivity index (χ0v) is 20.7. The summed E-state index contributed by atoms with van der Waals surface area (Å²) in [5, 5.41) is 10.4. The van der Waals surface area contributed by atoms with Gasteiger partial charge >= 0.3 is 5.97 Å². The predicted molar refractivity (Wildman–Crippen MR) is 133 cm³/mol. The van der Waals surface area contributed by atoms with Crippen molar-refractivity contribution >= 4 is 17.6 Å². The number of carbonyl (C=O) groups excluding carboxylic acids is 1. The second kappa shape index (κ2) is 15.2. The van der Waals surface area contributed by atoms with E-state index in [-0.39, 0.29) is 35.9 Å². The quantitative estimate of drug-likeness (QED) is 0.145. The van der Waals surface area contributed by atoms with Crippen molar-refractivity contribution in [2.75, 3.05) is 20.3 Å². The number of allylic oxidation sites excluding steroid dienone is 2. The van der Waals surface area contributed by atoms with Crippen LogP contribution in [0.5, 0.6) is 5.75 Å². The molecule has 6 heteroatoms. The molecule has 0 heterocycles. The summed E-state index contributed by atoms with van der Waals surface area (Å²) < 4.78 is 16.6. The van der Waals surface area contributed by atoms with Crippen molar-refractivity contribution in [1.82, 2.24) is 0 Å². The van der Waals surface area contributed by atoms with Gasteiger partial charge in [-0.15, -0.1) is 11.6 Å². The number of aliphatic hydroxyl groups is 1. The third kappa shape index (κ3) is 9.15. The van der Waals surface area contributed by atoms with Crippen molar-refractivity contribution in [3.05, 3.63) is 54.6 Å². The Morgan fingerprint density at radius 1 is 1.27 bits per heavy atom. The van der Waals surface area contributed by atoms with Crippen LogP contribution in [0, 0.1) is 11.8 Å². The van der Waals surface area contributed by atoms with E-state index in [9.17, 15) is 9.90 Å². The van der Waals surface area contributed by atoms with Gasteiger partial charge in [0.15, 0.2) is 0 Å². The zero-order valence-electron chi connectivity index (χ0n) is 20.0. The number of hydrogen-bond donors (Lipinski definition) is 1. The first-order chi connectivity index (χ1) is 16.0. The van der Waals surface area contributed by atoms with Gasteiger partial charge in [-0.25, -0.2) is 0 Å². The summed E-state index contributed by atoms with van der Waals surface area (Å²) in [6, 6.07) is 8.01. The predicted octanol–water partition coefficient (Wildman–Crippen LogP) is 6.00. The summed E-state index contributed by atoms with van der Waals surface area (Å²) in [6.45, 7) is 6.36. The molecule has 0 bridgehead atoms. The van der Waals surface area contributed by atoms with E-state index in [1.54, 1.807) is 13.2 Å². The van der Waals surface area contributed by atoms with Crippen molar-refractivity contribution in [3.8, 4) is 5.75 Å². The summed E-state index contributed by atoms with van der Waals surface area (Å²) in [5.41, 5.74) is 1.14. The minimum Gasteiger partial charge on any atom is -0.493 e. The molecule has 1 unspecified atom stereocenters. The average Bonchev–Trinajstić information content (AvgIpc) is 3.09. The fourth-order valence-electron chi connectivity index (χ4n) is 4.30. The lowest BCUT2D eigenvalue weighted by Gasteiger charge is -2.23. The van der Waals surface area contributed by atoms with Crippen molar-refractivity contribution in [1.29, 1.82) is 0 Å². The van der Waals surface area contributed by atoms with Gasteiger partial charge in [0.25, 0.3) is 0 Å². The van der Waals surface area contributed by atoms with Crippen molar-refractivity contribution in [3.63, 3.8) is 0 Å². The summed E-state index contributed by atoms with van der Waals surface area (Å²) in [5.74, 6) is 0.721. The number of methoxy groups -OCH3 is 1. The number of hydrogen-bond acceptors (Lipinski definition) is 5. The van der Waals surface area contributed by atoms with Gasteiger partial charge in [0, 0.05) is 24.8 Å². The van der Waals surface area contributed by atoms with Crippen LogP contribution < -0.4 is 4.74 Å². The SMILES string of the molecule is C=CCOC(=O)CCC/C=C\C[C@@H]1[C@@H](COc2ccc(C(CCC)OC)cc2)[C@H](O)C[C@H]1Cl. The number of rotatable bonds is 15. The molecular weight excluding hydrogens is 440 g/mol. The summed E-state index contributed by atoms with van der Waals surface area (Å²) >= 11 is 6.55. The average molecular weight is 479 g/mol. The minimum atomic E-state index is -0.466. The molecule has 1 fully saturated rings. The molecule has 1 saturated carbocycles. The summed E-state index contributed by atoms with van der Waals surface area (Å²) in [4.78, 5) is 11.5. The Balaban J connectivity index is 1.81. The van der Waals surface area contributed by atoms with Gasteiger partial charge in [0.1, 0.15) is 12.4 Å². The Kier molecular flexibility index (Phi) is 12.6. The highest BCUT2D eigenvalue weighted by atomic mass is 35.5. The number of halogens is 1. The normalized spacial score (nSPS) is 23.5. The van der Waals surface area contributed by atoms with Gasteiger partial charge in [-0.2, -0.15) is 0 Å². The van der Waals surface area contributed by atoms with Gasteiger partial charge in [0.05, 0.1) is 18.8 Å². The van der Waals surface area contributed by atoms with Crippen LogP contribution in [-0.4, -0.2) is 42.9 Å². The summed E-state index contributed by atoms with van der Waals surface area (Å²) in [6.07, 6.45) is 10.7. The van der Waals surface area contributed by atoms with Crippen LogP contribution >= 0.6 is 11.6 Å². The Labute approximate surface area is 203 Å². The van der Waals surface area contributed by atoms with Crippen molar-refractivity contribution in [2.24, 2.45) is 11.8 Å². The molecule has 1 aliphatic rings. The molecule has 0 spiro atoms. The number of benzene rings is 1. The molecule has 0 saturated heterocycles. The van der Waals surface area contributed by atoms with Crippen molar-refractivity contribution < 1.29 is 24.1 Å². The molecule has 0 aliphatic heterocycles. The lowest BCUT2D eigenvalue weighted by atomic mass is 9.92. The highest BCUT2D eigenvalue weighted by Gasteiger charge is 2.41. The van der Waals surface area contributed by atoms with E-state index < -0.39 is 6.10 Å². The third-order valence-electron chi connectivity index (χ3n) is 6.19. The van der Waals surface area contributed by atoms with Gasteiger partial charge in [-0.05, 0) is 55.7 Å². The molecule has 0 aromatic heterocycles. The van der Waals surface area contributed by atoms with E-state index in [1.807, 2.05) is 24.3 Å². The maximum atomic E-state index is 11.5. The van der Waals surface area contributed by atoms with E-state index >= 15 is 0 Å². The number of carbonyl (C=O) groups is 1. The molecule has 5 nitrogen and oxygen atoms in total. The molecule has 184 valence electrons. The maximum absolute atomic E-state index is 11.5. The number of unbranched alkanes of at least 4 members (excludes halogenated alkanes) is 1. The van der Waals surface area contributed by atoms with E-state index in [0.717, 1.165) is 43.4 Å². The Bertz CT molecular complexity index is 733. The second-order valence-electron chi connectivity index (χ2n) is 8.61. The van der Waals surface area contributed by atoms with Gasteiger partial charge in [0.2, 0.25) is 0 Å². The number of aliphatic hydroxyl groups excluding tert-OH is 1. The Morgan fingerprint density at radius 3 is 2.70 bits per heavy atom. The van der Waals surface area contributed by atoms with E-state index in [4.69, 9.17) is 25.8 Å². The van der Waals surface area contributed by atoms with Gasteiger partial charge in [-0.1, -0.05) is 50.3 Å². The largest absolute Gasteiger partial charge is 0.493 e. The monoisotopic (exact) mass is 478 g/mol. The highest BCUT2D eigenvalue weighted by Crippen LogP contribution is 2.39. The minimum absolute atomic E-state index is 0.0162. The zero-order chi connectivity index (χ0) is 24.1. The number of esters is 1. The second-order valence-corrected chi connectivity index (χ2v) is 9.17. The van der Waals surface area contributed by atoms with Gasteiger partial charge < -0.3 is 19.3 Å². The fourth-order valence-corrected chi connectivity index (χ4v) is 4.78. The van der Waals surface area contributed by atoms with Crippen LogP contribution in [0.1, 0.15) is 63.5 Å². The van der Waals surface area contributed by atoms with Crippen molar-refractivity contribution in [2.45, 2.75) is 69.5 Å². The lowest BCUT2D eigenvalue weighted by molar-refractivity contribution is -0.142. The van der Waals surface area contributed by atoms with Crippen LogP contribution in [0.3, 0.4) is 0 Å². The molecule has 0 amide bonds. The number of alkyl halides is 1. The molecule has 0 radical (unpaired) electrons. The highest BCUT2D eigenvalue weighted by molar-refractivity contribution is 6.21. The topological polar surface area (TPSA) is 65.0 Å². The first-order valence-electron chi connectivity index (χ1n) is 12.0. The standard InChI is InChI=1S/C27H39ClO5/c1-4-10-26(31-3)20-13-15-21(16-14-20)33-19-23-22(24(28)18-25(23)29)11-8-6-7-9-12-27(30)32-17-5-2/h5-6,8,13-16,22-26,29H,2,4,7,9-12,17-19H2,1,3H3/b8-6-/t22-,23-,24-,25-,26?/m1/s1. The van der Waals surface area contributed by atoms with E-state index in [0.29, 0.717) is 19.4 Å². The molecule has 1 aromatic carbocycles. The fraction of sp³-hybridized carbons (Fsp3) is 0.593. The maximum Gasteiger partial charge on any atom is 0.306 e. The van der Waals surface area contributed by atoms with Crippen LogP contribution in [0.25, 0.3) is 0 Å². The van der Waals surface area contributed by atoms with Crippen LogP contribution in [0.15, 0.2) is 49.1 Å². The molecule has 1 aromatic rings.